The van der Waals surface area contributed by atoms with Crippen molar-refractivity contribution in [1.82, 2.24) is 0 Å². The Balaban J connectivity index is 1.44. The van der Waals surface area contributed by atoms with Gasteiger partial charge in [-0.2, -0.15) is 11.8 Å². The Morgan fingerprint density at radius 3 is 1.85 bits per heavy atom. The van der Waals surface area contributed by atoms with E-state index in [-0.39, 0.29) is 18.6 Å². The van der Waals surface area contributed by atoms with Gasteiger partial charge in [0, 0.05) is 26.2 Å². The topological polar surface area (TPSA) is 58.9 Å². The zero-order valence-corrected chi connectivity index (χ0v) is 30.0. The molecule has 0 spiro atoms. The molecule has 1 aliphatic heterocycles. The molecule has 0 aromatic heterocycles. The number of hydrogen-bond acceptors (Lipinski definition) is 6. The largest absolute Gasteiger partial charge is 0.492 e. The van der Waals surface area contributed by atoms with E-state index in [0.717, 1.165) is 30.8 Å². The molecule has 2 aliphatic rings. The SMILES string of the molecule is CCC(CC)(OCC(O)CO)c1ccc(C(c2ccc(OCC3CS3)cc2)(c2ccc(Sc3ccccc3)cc2)C2CCCCC2)cc1. The molecule has 3 atom stereocenters. The maximum Gasteiger partial charge on any atom is 0.119 e. The van der Waals surface area contributed by atoms with E-state index in [2.05, 4.69) is 117 Å². The lowest BCUT2D eigenvalue weighted by Crippen LogP contribution is -2.39. The van der Waals surface area contributed by atoms with Crippen LogP contribution in [0.5, 0.6) is 5.75 Å². The van der Waals surface area contributed by atoms with Crippen LogP contribution in [0.1, 0.15) is 81.0 Å². The van der Waals surface area contributed by atoms with Gasteiger partial charge in [0.05, 0.1) is 18.8 Å². The maximum atomic E-state index is 10.1. The van der Waals surface area contributed by atoms with E-state index in [9.17, 15) is 10.2 Å². The molecule has 4 aromatic carbocycles. The van der Waals surface area contributed by atoms with Gasteiger partial charge in [0.15, 0.2) is 0 Å². The summed E-state index contributed by atoms with van der Waals surface area (Å²) in [7, 11) is 0. The number of benzene rings is 4. The second kappa shape index (κ2) is 16.3. The molecular weight excluding hydrogens is 633 g/mol. The fourth-order valence-corrected chi connectivity index (χ4v) is 8.85. The van der Waals surface area contributed by atoms with E-state index in [4.69, 9.17) is 9.47 Å². The molecule has 254 valence electrons. The van der Waals surface area contributed by atoms with Crippen LogP contribution in [-0.2, 0) is 15.8 Å². The molecule has 1 aliphatic carbocycles. The second-order valence-corrected chi connectivity index (χ2v) is 15.8. The van der Waals surface area contributed by atoms with E-state index in [1.807, 2.05) is 11.8 Å². The van der Waals surface area contributed by atoms with Crippen LogP contribution in [0, 0.1) is 5.92 Å². The minimum atomic E-state index is -0.890. The van der Waals surface area contributed by atoms with Crippen molar-refractivity contribution in [3.63, 3.8) is 0 Å². The molecule has 0 radical (unpaired) electrons. The van der Waals surface area contributed by atoms with Crippen molar-refractivity contribution in [2.24, 2.45) is 5.92 Å². The monoisotopic (exact) mass is 682 g/mol. The molecule has 2 fully saturated rings. The van der Waals surface area contributed by atoms with E-state index < -0.39 is 11.7 Å². The van der Waals surface area contributed by atoms with Crippen LogP contribution >= 0.6 is 23.5 Å². The molecule has 4 nitrogen and oxygen atoms in total. The molecule has 0 amide bonds. The lowest BCUT2D eigenvalue weighted by atomic mass is 9.58. The quantitative estimate of drug-likeness (QED) is 0.0907. The van der Waals surface area contributed by atoms with Crippen molar-refractivity contribution in [2.75, 3.05) is 25.6 Å². The third kappa shape index (κ3) is 7.84. The predicted molar refractivity (Wildman–Crippen MR) is 199 cm³/mol. The molecule has 48 heavy (non-hydrogen) atoms. The molecule has 6 heteroatoms. The first-order chi connectivity index (χ1) is 23.5. The Morgan fingerprint density at radius 2 is 1.29 bits per heavy atom. The van der Waals surface area contributed by atoms with Gasteiger partial charge in [-0.3, -0.25) is 0 Å². The number of ether oxygens (including phenoxy) is 2. The molecular formula is C42H50O4S2. The summed E-state index contributed by atoms with van der Waals surface area (Å²) in [4.78, 5) is 2.47. The maximum absolute atomic E-state index is 10.1. The van der Waals surface area contributed by atoms with E-state index in [1.165, 1.54) is 64.3 Å². The third-order valence-electron chi connectivity index (χ3n) is 10.4. The third-order valence-corrected chi connectivity index (χ3v) is 12.4. The molecule has 1 saturated heterocycles. The summed E-state index contributed by atoms with van der Waals surface area (Å²) in [5.41, 5.74) is 4.16. The van der Waals surface area contributed by atoms with Crippen molar-refractivity contribution >= 4 is 23.5 Å². The fraction of sp³-hybridized carbons (Fsp3) is 0.429. The Bertz CT molecular complexity index is 1540. The van der Waals surface area contributed by atoms with Gasteiger partial charge in [0.1, 0.15) is 18.5 Å². The first kappa shape index (κ1) is 35.1. The summed E-state index contributed by atoms with van der Waals surface area (Å²) in [6, 6.07) is 38.0. The standard InChI is InChI=1S/C42H50O4S2/c1-3-41(4-2,46-28-36(44)27-43)31-15-17-33(18-16-31)42(32-11-7-5-8-12-32,34-19-23-37(24-20-34)45-29-40-30-47-40)35-21-25-39(26-22-35)48-38-13-9-6-10-14-38/h6,9-10,13-26,32,36,40,43-44H,3-5,7-8,11-12,27-30H2,1-2H3. The van der Waals surface area contributed by atoms with Crippen molar-refractivity contribution in [3.05, 3.63) is 125 Å². The normalized spacial score (nSPS) is 18.6. The van der Waals surface area contributed by atoms with Gasteiger partial charge in [-0.05, 0) is 90.3 Å². The van der Waals surface area contributed by atoms with Crippen LogP contribution < -0.4 is 4.74 Å². The number of thioether (sulfide) groups is 1. The molecule has 4 aromatic rings. The second-order valence-electron chi connectivity index (χ2n) is 13.3. The number of hydrogen-bond donors (Lipinski definition) is 2. The van der Waals surface area contributed by atoms with Crippen LogP contribution in [0.2, 0.25) is 0 Å². The highest BCUT2D eigenvalue weighted by Gasteiger charge is 2.44. The minimum Gasteiger partial charge on any atom is -0.492 e. The summed E-state index contributed by atoms with van der Waals surface area (Å²) in [5, 5.41) is 20.2. The highest BCUT2D eigenvalue weighted by molar-refractivity contribution is 8.06. The minimum absolute atomic E-state index is 0.104. The average molecular weight is 683 g/mol. The smallest absolute Gasteiger partial charge is 0.119 e. The average Bonchev–Trinajstić information content (AvgIpc) is 3.99. The molecule has 1 saturated carbocycles. The van der Waals surface area contributed by atoms with E-state index in [1.54, 1.807) is 11.8 Å². The summed E-state index contributed by atoms with van der Waals surface area (Å²) in [5.74, 6) is 2.58. The van der Waals surface area contributed by atoms with Crippen LogP contribution in [-0.4, -0.2) is 47.1 Å². The van der Waals surface area contributed by atoms with Crippen molar-refractivity contribution in [1.29, 1.82) is 0 Å². The zero-order valence-electron chi connectivity index (χ0n) is 28.4. The van der Waals surface area contributed by atoms with Gasteiger partial charge in [0.2, 0.25) is 0 Å². The zero-order chi connectivity index (χ0) is 33.4. The van der Waals surface area contributed by atoms with Crippen LogP contribution in [0.15, 0.2) is 113 Å². The summed E-state index contributed by atoms with van der Waals surface area (Å²) >= 11 is 3.76. The molecule has 2 N–H and O–H groups in total. The summed E-state index contributed by atoms with van der Waals surface area (Å²) in [6.07, 6.45) is 6.78. The Morgan fingerprint density at radius 1 is 0.750 bits per heavy atom. The lowest BCUT2D eigenvalue weighted by molar-refractivity contribution is -0.0979. The summed E-state index contributed by atoms with van der Waals surface area (Å²) in [6.45, 7) is 4.84. The molecule has 0 bridgehead atoms. The van der Waals surface area contributed by atoms with Crippen LogP contribution in [0.3, 0.4) is 0 Å². The highest BCUT2D eigenvalue weighted by Crippen LogP contribution is 2.51. The van der Waals surface area contributed by atoms with E-state index >= 15 is 0 Å². The van der Waals surface area contributed by atoms with Crippen LogP contribution in [0.25, 0.3) is 0 Å². The molecule has 6 rings (SSSR count). The van der Waals surface area contributed by atoms with Crippen molar-refractivity contribution < 1.29 is 19.7 Å². The lowest BCUT2D eigenvalue weighted by Gasteiger charge is -2.45. The predicted octanol–water partition coefficient (Wildman–Crippen LogP) is 9.63. The molecule has 1 heterocycles. The fourth-order valence-electron chi connectivity index (χ4n) is 7.61. The van der Waals surface area contributed by atoms with E-state index in [0.29, 0.717) is 11.2 Å². The Labute approximate surface area is 295 Å². The first-order valence-electron chi connectivity index (χ1n) is 17.7. The van der Waals surface area contributed by atoms with Gasteiger partial charge in [-0.25, -0.2) is 0 Å². The first-order valence-corrected chi connectivity index (χ1v) is 19.6. The van der Waals surface area contributed by atoms with Gasteiger partial charge >= 0.3 is 0 Å². The Kier molecular flexibility index (Phi) is 11.9. The van der Waals surface area contributed by atoms with Gasteiger partial charge in [0.25, 0.3) is 0 Å². The number of aliphatic hydroxyl groups excluding tert-OH is 2. The summed E-state index contributed by atoms with van der Waals surface area (Å²) < 4.78 is 12.6. The van der Waals surface area contributed by atoms with Gasteiger partial charge in [-0.1, -0.05) is 112 Å². The molecule has 3 unspecified atom stereocenters. The number of rotatable bonds is 16. The Hall–Kier alpha value is -2.74. The van der Waals surface area contributed by atoms with Crippen molar-refractivity contribution in [3.8, 4) is 5.75 Å². The van der Waals surface area contributed by atoms with Crippen LogP contribution in [0.4, 0.5) is 0 Å². The van der Waals surface area contributed by atoms with Crippen molar-refractivity contribution in [2.45, 2.75) is 91.0 Å². The van der Waals surface area contributed by atoms with Gasteiger partial charge < -0.3 is 19.7 Å². The number of aliphatic hydroxyl groups is 2. The highest BCUT2D eigenvalue weighted by atomic mass is 32.2. The van der Waals surface area contributed by atoms with Gasteiger partial charge in [-0.15, -0.1) is 0 Å².